The van der Waals surface area contributed by atoms with E-state index in [1.165, 1.54) is 20.4 Å². The summed E-state index contributed by atoms with van der Waals surface area (Å²) in [4.78, 5) is 24.4. The van der Waals surface area contributed by atoms with Crippen molar-refractivity contribution in [2.45, 2.75) is 6.92 Å². The van der Waals surface area contributed by atoms with Crippen molar-refractivity contribution in [1.29, 1.82) is 0 Å². The van der Waals surface area contributed by atoms with Gasteiger partial charge in [-0.05, 0) is 61.0 Å². The summed E-state index contributed by atoms with van der Waals surface area (Å²) in [5.41, 5.74) is 4.48. The minimum atomic E-state index is -0.547. The maximum Gasteiger partial charge on any atom is 0.343 e. The van der Waals surface area contributed by atoms with Crippen molar-refractivity contribution in [3.63, 3.8) is 0 Å². The van der Waals surface area contributed by atoms with E-state index in [0.29, 0.717) is 28.4 Å². The van der Waals surface area contributed by atoms with Crippen LogP contribution in [0.25, 0.3) is 0 Å². The molecule has 0 aliphatic carbocycles. The molecule has 8 heteroatoms. The van der Waals surface area contributed by atoms with E-state index in [4.69, 9.17) is 18.9 Å². The number of amides is 1. The van der Waals surface area contributed by atoms with E-state index in [1.54, 1.807) is 54.6 Å². The fourth-order valence-electron chi connectivity index (χ4n) is 2.75. The molecule has 1 N–H and O–H groups in total. The first-order valence-electron chi connectivity index (χ1n) is 10.0. The van der Waals surface area contributed by atoms with Gasteiger partial charge in [0.25, 0.3) is 5.91 Å². The first-order chi connectivity index (χ1) is 16.0. The number of carbonyl (C=O) groups is 2. The molecule has 0 aromatic heterocycles. The van der Waals surface area contributed by atoms with Crippen molar-refractivity contribution in [3.8, 4) is 23.0 Å². The molecule has 170 valence electrons. The summed E-state index contributed by atoms with van der Waals surface area (Å²) in [7, 11) is 2.98. The number of hydrogen-bond acceptors (Lipinski definition) is 7. The Bertz CT molecular complexity index is 1140. The van der Waals surface area contributed by atoms with Gasteiger partial charge >= 0.3 is 5.97 Å². The van der Waals surface area contributed by atoms with Crippen LogP contribution < -0.4 is 24.4 Å². The van der Waals surface area contributed by atoms with Gasteiger partial charge in [0.05, 0.1) is 26.0 Å². The number of ether oxygens (including phenoxy) is 4. The predicted molar refractivity (Wildman–Crippen MR) is 123 cm³/mol. The summed E-state index contributed by atoms with van der Waals surface area (Å²) in [5, 5.41) is 3.92. The van der Waals surface area contributed by atoms with Gasteiger partial charge in [-0.1, -0.05) is 23.8 Å². The molecule has 0 aliphatic rings. The summed E-state index contributed by atoms with van der Waals surface area (Å²) >= 11 is 0. The Morgan fingerprint density at radius 3 is 2.42 bits per heavy atom. The zero-order chi connectivity index (χ0) is 23.6. The maximum absolute atomic E-state index is 12.4. The zero-order valence-electron chi connectivity index (χ0n) is 18.5. The number of benzene rings is 3. The number of aryl methyl sites for hydroxylation is 1. The van der Waals surface area contributed by atoms with Gasteiger partial charge in [-0.3, -0.25) is 4.79 Å². The van der Waals surface area contributed by atoms with Gasteiger partial charge in [0.15, 0.2) is 18.1 Å². The molecule has 8 nitrogen and oxygen atoms in total. The SMILES string of the molecule is COc1cccc(C(=O)Oc2ccc(C=NNC(=O)COc3ccc(C)cc3)cc2OC)c1. The Morgan fingerprint density at radius 2 is 1.70 bits per heavy atom. The molecular formula is C25H24N2O6. The van der Waals surface area contributed by atoms with E-state index in [9.17, 15) is 9.59 Å². The van der Waals surface area contributed by atoms with E-state index in [-0.39, 0.29) is 12.4 Å². The van der Waals surface area contributed by atoms with Crippen LogP contribution in [0.15, 0.2) is 71.8 Å². The molecule has 3 aromatic carbocycles. The van der Waals surface area contributed by atoms with Gasteiger partial charge < -0.3 is 18.9 Å². The normalized spacial score (nSPS) is 10.5. The number of hydrogen-bond donors (Lipinski definition) is 1. The molecule has 0 aliphatic heterocycles. The molecule has 3 aromatic rings. The lowest BCUT2D eigenvalue weighted by atomic mass is 10.2. The second kappa shape index (κ2) is 11.3. The van der Waals surface area contributed by atoms with Crippen LogP contribution in [0.5, 0.6) is 23.0 Å². The van der Waals surface area contributed by atoms with E-state index in [2.05, 4.69) is 10.5 Å². The molecular weight excluding hydrogens is 424 g/mol. The van der Waals surface area contributed by atoms with Crippen LogP contribution in [-0.2, 0) is 4.79 Å². The van der Waals surface area contributed by atoms with Gasteiger partial charge in [-0.15, -0.1) is 0 Å². The van der Waals surface area contributed by atoms with Crippen LogP contribution in [0.3, 0.4) is 0 Å². The van der Waals surface area contributed by atoms with E-state index < -0.39 is 11.9 Å². The average molecular weight is 448 g/mol. The van der Waals surface area contributed by atoms with Crippen LogP contribution in [-0.4, -0.2) is 38.9 Å². The van der Waals surface area contributed by atoms with Crippen molar-refractivity contribution in [1.82, 2.24) is 5.43 Å². The maximum atomic E-state index is 12.4. The molecule has 0 saturated carbocycles. The van der Waals surface area contributed by atoms with Crippen molar-refractivity contribution in [2.24, 2.45) is 5.10 Å². The smallest absolute Gasteiger partial charge is 0.343 e. The highest BCUT2D eigenvalue weighted by molar-refractivity contribution is 5.92. The topological polar surface area (TPSA) is 95.5 Å². The summed E-state index contributed by atoms with van der Waals surface area (Å²) in [5.74, 6) is 0.789. The quantitative estimate of drug-likeness (QED) is 0.232. The highest BCUT2D eigenvalue weighted by Gasteiger charge is 2.13. The highest BCUT2D eigenvalue weighted by atomic mass is 16.6. The number of nitrogens with zero attached hydrogens (tertiary/aromatic N) is 1. The number of hydrazone groups is 1. The lowest BCUT2D eigenvalue weighted by molar-refractivity contribution is -0.123. The van der Waals surface area contributed by atoms with Crippen molar-refractivity contribution < 1.29 is 28.5 Å². The zero-order valence-corrected chi connectivity index (χ0v) is 18.5. The molecule has 0 bridgehead atoms. The van der Waals surface area contributed by atoms with Crippen molar-refractivity contribution >= 4 is 18.1 Å². The summed E-state index contributed by atoms with van der Waals surface area (Å²) < 4.78 is 21.3. The van der Waals surface area contributed by atoms with Crippen LogP contribution >= 0.6 is 0 Å². The average Bonchev–Trinajstić information content (AvgIpc) is 2.84. The standard InChI is InChI=1S/C25H24N2O6/c1-17-7-10-20(11-8-17)32-16-24(28)27-26-15-18-9-12-22(23(13-18)31-3)33-25(29)19-5-4-6-21(14-19)30-2/h4-15H,16H2,1-3H3,(H,27,28). The van der Waals surface area contributed by atoms with E-state index >= 15 is 0 Å². The number of nitrogens with one attached hydrogen (secondary N) is 1. The molecule has 0 spiro atoms. The Hall–Kier alpha value is -4.33. The number of esters is 1. The van der Waals surface area contributed by atoms with Gasteiger partial charge in [-0.25, -0.2) is 10.2 Å². The van der Waals surface area contributed by atoms with E-state index in [1.807, 2.05) is 19.1 Å². The number of rotatable bonds is 9. The minimum absolute atomic E-state index is 0.164. The Balaban J connectivity index is 1.57. The monoisotopic (exact) mass is 448 g/mol. The fraction of sp³-hybridized carbons (Fsp3) is 0.160. The summed E-state index contributed by atoms with van der Waals surface area (Å²) in [6, 6.07) is 18.9. The molecule has 33 heavy (non-hydrogen) atoms. The van der Waals surface area contributed by atoms with Crippen molar-refractivity contribution in [2.75, 3.05) is 20.8 Å². The molecule has 0 saturated heterocycles. The predicted octanol–water partition coefficient (Wildman–Crippen LogP) is 3.76. The Kier molecular flexibility index (Phi) is 8.02. The molecule has 3 rings (SSSR count). The third-order valence-corrected chi connectivity index (χ3v) is 4.49. The highest BCUT2D eigenvalue weighted by Crippen LogP contribution is 2.28. The van der Waals surface area contributed by atoms with Gasteiger partial charge in [0, 0.05) is 0 Å². The molecule has 0 heterocycles. The minimum Gasteiger partial charge on any atom is -0.497 e. The lowest BCUT2D eigenvalue weighted by Gasteiger charge is -2.10. The number of carbonyl (C=O) groups excluding carboxylic acids is 2. The summed E-state index contributed by atoms with van der Waals surface area (Å²) in [6.07, 6.45) is 1.44. The second-order valence-electron chi connectivity index (χ2n) is 6.93. The van der Waals surface area contributed by atoms with Crippen LogP contribution in [0.1, 0.15) is 21.5 Å². The Morgan fingerprint density at radius 1 is 0.909 bits per heavy atom. The van der Waals surface area contributed by atoms with Crippen LogP contribution in [0.4, 0.5) is 0 Å². The first kappa shape index (κ1) is 23.3. The molecule has 1 amide bonds. The van der Waals surface area contributed by atoms with Gasteiger partial charge in [0.1, 0.15) is 11.5 Å². The van der Waals surface area contributed by atoms with E-state index in [0.717, 1.165) is 5.56 Å². The molecule has 0 fully saturated rings. The fourth-order valence-corrected chi connectivity index (χ4v) is 2.75. The van der Waals surface area contributed by atoms with Gasteiger partial charge in [0.2, 0.25) is 0 Å². The second-order valence-corrected chi connectivity index (χ2v) is 6.93. The largest absolute Gasteiger partial charge is 0.497 e. The molecule has 0 radical (unpaired) electrons. The van der Waals surface area contributed by atoms with Crippen LogP contribution in [0, 0.1) is 6.92 Å². The van der Waals surface area contributed by atoms with Crippen LogP contribution in [0.2, 0.25) is 0 Å². The summed E-state index contributed by atoms with van der Waals surface area (Å²) in [6.45, 7) is 1.81. The third kappa shape index (κ3) is 6.83. The van der Waals surface area contributed by atoms with Crippen molar-refractivity contribution in [3.05, 3.63) is 83.4 Å². The molecule has 0 atom stereocenters. The third-order valence-electron chi connectivity index (χ3n) is 4.49. The van der Waals surface area contributed by atoms with Gasteiger partial charge in [-0.2, -0.15) is 5.10 Å². The Labute approximate surface area is 191 Å². The first-order valence-corrected chi connectivity index (χ1v) is 10.0. The number of methoxy groups -OCH3 is 2. The lowest BCUT2D eigenvalue weighted by Crippen LogP contribution is -2.24. The molecule has 0 unspecified atom stereocenters.